The number of rotatable bonds is 6. The van der Waals surface area contributed by atoms with Crippen molar-refractivity contribution in [3.63, 3.8) is 0 Å². The van der Waals surface area contributed by atoms with Crippen LogP contribution >= 0.6 is 11.6 Å². The van der Waals surface area contributed by atoms with E-state index in [1.165, 1.54) is 7.11 Å². The van der Waals surface area contributed by atoms with Crippen LogP contribution in [0.1, 0.15) is 18.9 Å². The van der Waals surface area contributed by atoms with Crippen LogP contribution in [0.4, 0.5) is 17.6 Å². The second kappa shape index (κ2) is 7.08. The van der Waals surface area contributed by atoms with Crippen LogP contribution in [-0.2, 0) is 0 Å². The number of aryl methyl sites for hydroxylation is 1. The lowest BCUT2D eigenvalue weighted by molar-refractivity contribution is 0.379. The van der Waals surface area contributed by atoms with E-state index >= 15 is 0 Å². The third kappa shape index (κ3) is 3.95. The lowest BCUT2D eigenvalue weighted by Crippen LogP contribution is -2.09. The monoisotopic (exact) mass is 307 g/mol. The zero-order valence-corrected chi connectivity index (χ0v) is 13.0. The molecular formula is C14H18ClN5O. The maximum Gasteiger partial charge on any atom is 0.322 e. The molecule has 0 saturated carbocycles. The SMILES string of the molecule is CCCNc1nc(Nc2c(C)cccc2Cl)nc(OC)n1. The normalized spacial score (nSPS) is 10.3. The van der Waals surface area contributed by atoms with Gasteiger partial charge < -0.3 is 15.4 Å². The fourth-order valence-corrected chi connectivity index (χ4v) is 1.99. The Morgan fingerprint density at radius 3 is 2.62 bits per heavy atom. The molecule has 0 spiro atoms. The van der Waals surface area contributed by atoms with E-state index in [0.717, 1.165) is 24.2 Å². The standard InChI is InChI=1S/C14H18ClN5O/c1-4-8-16-12-18-13(20-14(19-12)21-3)17-11-9(2)6-5-7-10(11)15/h5-7H,4,8H2,1-3H3,(H2,16,17,18,19,20). The number of nitrogens with one attached hydrogen (secondary N) is 2. The molecule has 2 aromatic rings. The summed E-state index contributed by atoms with van der Waals surface area (Å²) in [4.78, 5) is 12.6. The Morgan fingerprint density at radius 2 is 1.95 bits per heavy atom. The zero-order chi connectivity index (χ0) is 15.2. The van der Waals surface area contributed by atoms with Crippen molar-refractivity contribution in [1.29, 1.82) is 0 Å². The topological polar surface area (TPSA) is 72.0 Å². The van der Waals surface area contributed by atoms with Crippen molar-refractivity contribution in [2.75, 3.05) is 24.3 Å². The average Bonchev–Trinajstić information content (AvgIpc) is 2.49. The van der Waals surface area contributed by atoms with Gasteiger partial charge in [0, 0.05) is 6.54 Å². The zero-order valence-electron chi connectivity index (χ0n) is 12.3. The number of para-hydroxylation sites is 1. The Kier molecular flexibility index (Phi) is 5.16. The van der Waals surface area contributed by atoms with Crippen LogP contribution in [0.5, 0.6) is 6.01 Å². The molecule has 2 rings (SSSR count). The third-order valence-corrected chi connectivity index (χ3v) is 3.10. The summed E-state index contributed by atoms with van der Waals surface area (Å²) in [6.45, 7) is 4.80. The van der Waals surface area contributed by atoms with Crippen LogP contribution < -0.4 is 15.4 Å². The van der Waals surface area contributed by atoms with Crippen LogP contribution in [0.25, 0.3) is 0 Å². The lowest BCUT2D eigenvalue weighted by atomic mass is 10.2. The first kappa shape index (κ1) is 15.3. The minimum atomic E-state index is 0.246. The molecule has 0 aliphatic carbocycles. The molecule has 112 valence electrons. The predicted octanol–water partition coefficient (Wildman–Crippen LogP) is 3.41. The Labute approximate surface area is 128 Å². The first-order valence-electron chi connectivity index (χ1n) is 6.70. The summed E-state index contributed by atoms with van der Waals surface area (Å²) in [7, 11) is 1.52. The molecule has 2 N–H and O–H groups in total. The van der Waals surface area contributed by atoms with Gasteiger partial charge in [0.25, 0.3) is 0 Å². The van der Waals surface area contributed by atoms with Crippen LogP contribution in [0.15, 0.2) is 18.2 Å². The van der Waals surface area contributed by atoms with Gasteiger partial charge in [0.2, 0.25) is 11.9 Å². The molecule has 0 unspecified atom stereocenters. The molecule has 0 radical (unpaired) electrons. The summed E-state index contributed by atoms with van der Waals surface area (Å²) in [5.41, 5.74) is 1.78. The van der Waals surface area contributed by atoms with Crippen molar-refractivity contribution in [3.8, 4) is 6.01 Å². The summed E-state index contributed by atoms with van der Waals surface area (Å²) in [5.74, 6) is 0.854. The number of hydrogen-bond acceptors (Lipinski definition) is 6. The summed E-state index contributed by atoms with van der Waals surface area (Å²) in [6.07, 6.45) is 0.973. The Hall–Kier alpha value is -2.08. The van der Waals surface area contributed by atoms with E-state index < -0.39 is 0 Å². The van der Waals surface area contributed by atoms with Crippen molar-refractivity contribution >= 4 is 29.2 Å². The molecule has 0 bridgehead atoms. The molecule has 0 amide bonds. The molecule has 1 aromatic heterocycles. The van der Waals surface area contributed by atoms with Crippen molar-refractivity contribution in [2.45, 2.75) is 20.3 Å². The smallest absolute Gasteiger partial charge is 0.322 e. The first-order chi connectivity index (χ1) is 10.1. The first-order valence-corrected chi connectivity index (χ1v) is 7.08. The van der Waals surface area contributed by atoms with E-state index in [1.807, 2.05) is 25.1 Å². The van der Waals surface area contributed by atoms with E-state index in [-0.39, 0.29) is 6.01 Å². The maximum absolute atomic E-state index is 6.20. The third-order valence-electron chi connectivity index (χ3n) is 2.79. The summed E-state index contributed by atoms with van der Waals surface area (Å²) < 4.78 is 5.10. The van der Waals surface area contributed by atoms with Gasteiger partial charge in [0.1, 0.15) is 0 Å². The van der Waals surface area contributed by atoms with Crippen LogP contribution in [0.2, 0.25) is 5.02 Å². The highest BCUT2D eigenvalue weighted by molar-refractivity contribution is 6.33. The molecule has 6 nitrogen and oxygen atoms in total. The minimum absolute atomic E-state index is 0.246. The van der Waals surface area contributed by atoms with Gasteiger partial charge in [-0.25, -0.2) is 0 Å². The van der Waals surface area contributed by atoms with Crippen LogP contribution in [-0.4, -0.2) is 28.6 Å². The molecular weight excluding hydrogens is 290 g/mol. The number of ether oxygens (including phenoxy) is 1. The van der Waals surface area contributed by atoms with Crippen molar-refractivity contribution < 1.29 is 4.74 Å². The van der Waals surface area contributed by atoms with Gasteiger partial charge in [-0.1, -0.05) is 30.7 Å². The molecule has 7 heteroatoms. The molecule has 0 aliphatic rings. The largest absolute Gasteiger partial charge is 0.467 e. The molecule has 0 saturated heterocycles. The number of anilines is 3. The molecule has 0 atom stereocenters. The van der Waals surface area contributed by atoms with E-state index in [1.54, 1.807) is 0 Å². The number of nitrogens with zero attached hydrogens (tertiary/aromatic N) is 3. The van der Waals surface area contributed by atoms with E-state index in [4.69, 9.17) is 16.3 Å². The van der Waals surface area contributed by atoms with Gasteiger partial charge in [-0.2, -0.15) is 15.0 Å². The quantitative estimate of drug-likeness (QED) is 0.852. The Balaban J connectivity index is 2.30. The van der Waals surface area contributed by atoms with Crippen molar-refractivity contribution in [3.05, 3.63) is 28.8 Å². The highest BCUT2D eigenvalue weighted by atomic mass is 35.5. The van der Waals surface area contributed by atoms with Crippen LogP contribution in [0, 0.1) is 6.92 Å². The number of benzene rings is 1. The maximum atomic E-state index is 6.20. The summed E-state index contributed by atoms with van der Waals surface area (Å²) >= 11 is 6.20. The fourth-order valence-electron chi connectivity index (χ4n) is 1.72. The molecule has 1 aromatic carbocycles. The second-order valence-electron chi connectivity index (χ2n) is 4.45. The number of hydrogen-bond donors (Lipinski definition) is 2. The van der Waals surface area contributed by atoms with Gasteiger partial charge in [-0.3, -0.25) is 0 Å². The van der Waals surface area contributed by atoms with E-state index in [0.29, 0.717) is 16.9 Å². The van der Waals surface area contributed by atoms with Crippen LogP contribution in [0.3, 0.4) is 0 Å². The van der Waals surface area contributed by atoms with Crippen molar-refractivity contribution in [2.24, 2.45) is 0 Å². The van der Waals surface area contributed by atoms with Gasteiger partial charge in [0.15, 0.2) is 0 Å². The van der Waals surface area contributed by atoms with Gasteiger partial charge >= 0.3 is 6.01 Å². The van der Waals surface area contributed by atoms with Gasteiger partial charge in [0.05, 0.1) is 17.8 Å². The molecule has 1 heterocycles. The summed E-state index contributed by atoms with van der Waals surface area (Å²) in [5, 5.41) is 6.84. The Bertz CT molecular complexity index is 600. The van der Waals surface area contributed by atoms with Crippen molar-refractivity contribution in [1.82, 2.24) is 15.0 Å². The predicted molar refractivity (Wildman–Crippen MR) is 84.6 cm³/mol. The number of aromatic nitrogens is 3. The molecule has 0 fully saturated rings. The fraction of sp³-hybridized carbons (Fsp3) is 0.357. The number of halogens is 1. The second-order valence-corrected chi connectivity index (χ2v) is 4.86. The number of methoxy groups -OCH3 is 1. The van der Waals surface area contributed by atoms with Gasteiger partial charge in [-0.05, 0) is 25.0 Å². The van der Waals surface area contributed by atoms with E-state index in [2.05, 4.69) is 32.5 Å². The molecule has 0 aliphatic heterocycles. The lowest BCUT2D eigenvalue weighted by Gasteiger charge is -2.12. The highest BCUT2D eigenvalue weighted by Crippen LogP contribution is 2.28. The van der Waals surface area contributed by atoms with Gasteiger partial charge in [-0.15, -0.1) is 0 Å². The van der Waals surface area contributed by atoms with E-state index in [9.17, 15) is 0 Å². The average molecular weight is 308 g/mol. The Morgan fingerprint density at radius 1 is 1.19 bits per heavy atom. The summed E-state index contributed by atoms with van der Waals surface area (Å²) in [6, 6.07) is 5.91. The minimum Gasteiger partial charge on any atom is -0.467 e. The molecule has 21 heavy (non-hydrogen) atoms. The highest BCUT2D eigenvalue weighted by Gasteiger charge is 2.10.